The molecule has 2 aliphatic rings. The highest BCUT2D eigenvalue weighted by atomic mass is 15.2. The highest BCUT2D eigenvalue weighted by molar-refractivity contribution is 5.56. The Morgan fingerprint density at radius 3 is 2.29 bits per heavy atom. The Balaban J connectivity index is 1.92. The van der Waals surface area contributed by atoms with Crippen LogP contribution < -0.4 is 4.90 Å². The molecule has 1 atom stereocenters. The van der Waals surface area contributed by atoms with Crippen molar-refractivity contribution in [3.05, 3.63) is 65.4 Å². The lowest BCUT2D eigenvalue weighted by Crippen LogP contribution is -2.34. The lowest BCUT2D eigenvalue weighted by atomic mass is 9.87. The molecule has 0 heterocycles. The summed E-state index contributed by atoms with van der Waals surface area (Å²) in [5.74, 6) is 0. The molecule has 1 heteroatoms. The zero-order valence-electron chi connectivity index (χ0n) is 15.7. The van der Waals surface area contributed by atoms with Crippen LogP contribution in [0, 0.1) is 0 Å². The SMILES string of the molecule is CC1=CCC(N(C2=CCCCC2)c2ccc(C(C)(C)C)cc2)C=C1. The van der Waals surface area contributed by atoms with Gasteiger partial charge in [-0.2, -0.15) is 0 Å². The third-order valence-corrected chi connectivity index (χ3v) is 5.18. The van der Waals surface area contributed by atoms with E-state index in [9.17, 15) is 0 Å². The van der Waals surface area contributed by atoms with Crippen molar-refractivity contribution in [2.24, 2.45) is 0 Å². The van der Waals surface area contributed by atoms with Crippen LogP contribution in [-0.2, 0) is 5.41 Å². The summed E-state index contributed by atoms with van der Waals surface area (Å²) in [6, 6.07) is 9.68. The topological polar surface area (TPSA) is 3.24 Å². The first-order valence-electron chi connectivity index (χ1n) is 9.39. The van der Waals surface area contributed by atoms with Crippen LogP contribution in [0.3, 0.4) is 0 Å². The highest BCUT2D eigenvalue weighted by Crippen LogP contribution is 2.33. The molecular formula is C23H31N. The van der Waals surface area contributed by atoms with Gasteiger partial charge in [-0.15, -0.1) is 0 Å². The van der Waals surface area contributed by atoms with Crippen LogP contribution in [0.4, 0.5) is 5.69 Å². The van der Waals surface area contributed by atoms with E-state index in [-0.39, 0.29) is 5.41 Å². The molecule has 0 bridgehead atoms. The zero-order valence-corrected chi connectivity index (χ0v) is 15.7. The van der Waals surface area contributed by atoms with Crippen molar-refractivity contribution in [1.29, 1.82) is 0 Å². The van der Waals surface area contributed by atoms with Crippen molar-refractivity contribution in [3.8, 4) is 0 Å². The molecule has 0 amide bonds. The van der Waals surface area contributed by atoms with Crippen LogP contribution in [0.2, 0.25) is 0 Å². The molecule has 3 rings (SSSR count). The van der Waals surface area contributed by atoms with Gasteiger partial charge in [0.2, 0.25) is 0 Å². The van der Waals surface area contributed by atoms with Crippen molar-refractivity contribution in [1.82, 2.24) is 0 Å². The molecule has 0 aliphatic heterocycles. The van der Waals surface area contributed by atoms with Crippen molar-refractivity contribution >= 4 is 5.69 Å². The number of allylic oxidation sites excluding steroid dienone is 4. The van der Waals surface area contributed by atoms with Crippen molar-refractivity contribution in [3.63, 3.8) is 0 Å². The minimum absolute atomic E-state index is 0.206. The minimum Gasteiger partial charge on any atom is -0.338 e. The fraction of sp³-hybridized carbons (Fsp3) is 0.478. The van der Waals surface area contributed by atoms with E-state index in [0.29, 0.717) is 6.04 Å². The Labute approximate surface area is 147 Å². The van der Waals surface area contributed by atoms with Gasteiger partial charge in [0.25, 0.3) is 0 Å². The third-order valence-electron chi connectivity index (χ3n) is 5.18. The molecule has 0 spiro atoms. The van der Waals surface area contributed by atoms with Gasteiger partial charge in [0.1, 0.15) is 0 Å². The first kappa shape index (κ1) is 17.1. The van der Waals surface area contributed by atoms with E-state index >= 15 is 0 Å². The molecule has 0 fully saturated rings. The molecule has 0 N–H and O–H groups in total. The second kappa shape index (κ2) is 7.01. The molecule has 0 saturated heterocycles. The standard InChI is InChI=1S/C23H31N/c1-18-10-14-21(15-11-18)24(20-8-6-5-7-9-20)22-16-12-19(13-17-22)23(2,3)4/h8,10-14,16-17,21H,5-7,9,15H2,1-4H3. The molecule has 0 aromatic heterocycles. The predicted octanol–water partition coefficient (Wildman–Crippen LogP) is 6.52. The second-order valence-corrected chi connectivity index (χ2v) is 8.22. The molecule has 0 saturated carbocycles. The first-order valence-corrected chi connectivity index (χ1v) is 9.39. The van der Waals surface area contributed by atoms with Gasteiger partial charge in [0, 0.05) is 11.4 Å². The van der Waals surface area contributed by atoms with Gasteiger partial charge >= 0.3 is 0 Å². The fourth-order valence-corrected chi connectivity index (χ4v) is 3.64. The summed E-state index contributed by atoms with van der Waals surface area (Å²) >= 11 is 0. The first-order chi connectivity index (χ1) is 11.4. The van der Waals surface area contributed by atoms with Crippen molar-refractivity contribution in [2.45, 2.75) is 71.3 Å². The average molecular weight is 322 g/mol. The van der Waals surface area contributed by atoms with E-state index in [0.717, 1.165) is 6.42 Å². The van der Waals surface area contributed by atoms with Gasteiger partial charge in [0.15, 0.2) is 0 Å². The summed E-state index contributed by atoms with van der Waals surface area (Å²) in [4.78, 5) is 2.57. The summed E-state index contributed by atoms with van der Waals surface area (Å²) in [5, 5.41) is 0. The Morgan fingerprint density at radius 1 is 1.00 bits per heavy atom. The number of benzene rings is 1. The Hall–Kier alpha value is -1.76. The van der Waals surface area contributed by atoms with Crippen LogP contribution in [0.15, 0.2) is 59.8 Å². The maximum atomic E-state index is 2.57. The summed E-state index contributed by atoms with van der Waals surface area (Å²) < 4.78 is 0. The van der Waals surface area contributed by atoms with Gasteiger partial charge in [0.05, 0.1) is 6.04 Å². The summed E-state index contributed by atoms with van der Waals surface area (Å²) in [5.41, 5.74) is 5.83. The van der Waals surface area contributed by atoms with Gasteiger partial charge in [-0.25, -0.2) is 0 Å². The lowest BCUT2D eigenvalue weighted by molar-refractivity contribution is 0.590. The van der Waals surface area contributed by atoms with E-state index in [1.54, 1.807) is 0 Å². The van der Waals surface area contributed by atoms with Crippen molar-refractivity contribution < 1.29 is 0 Å². The summed E-state index contributed by atoms with van der Waals surface area (Å²) in [7, 11) is 0. The average Bonchev–Trinajstić information content (AvgIpc) is 2.58. The molecule has 1 unspecified atom stereocenters. The van der Waals surface area contributed by atoms with Gasteiger partial charge in [-0.05, 0) is 62.1 Å². The van der Waals surface area contributed by atoms with Crippen molar-refractivity contribution in [2.75, 3.05) is 4.90 Å². The number of rotatable bonds is 3. The number of nitrogens with zero attached hydrogens (tertiary/aromatic N) is 1. The Bertz CT molecular complexity index is 652. The number of anilines is 1. The molecule has 128 valence electrons. The van der Waals surface area contributed by atoms with E-state index in [1.165, 1.54) is 48.2 Å². The molecular weight excluding hydrogens is 290 g/mol. The van der Waals surface area contributed by atoms with Gasteiger partial charge in [-0.3, -0.25) is 0 Å². The monoisotopic (exact) mass is 321 g/mol. The smallest absolute Gasteiger partial charge is 0.0556 e. The highest BCUT2D eigenvalue weighted by Gasteiger charge is 2.23. The Morgan fingerprint density at radius 2 is 1.75 bits per heavy atom. The normalized spacial score (nSPS) is 21.2. The molecule has 1 aromatic rings. The maximum Gasteiger partial charge on any atom is 0.0556 e. The fourth-order valence-electron chi connectivity index (χ4n) is 3.64. The van der Waals surface area contributed by atoms with E-state index < -0.39 is 0 Å². The maximum absolute atomic E-state index is 2.57. The summed E-state index contributed by atoms with van der Waals surface area (Å²) in [6.45, 7) is 9.03. The zero-order chi connectivity index (χ0) is 17.2. The molecule has 24 heavy (non-hydrogen) atoms. The second-order valence-electron chi connectivity index (χ2n) is 8.22. The van der Waals surface area contributed by atoms with E-state index in [4.69, 9.17) is 0 Å². The van der Waals surface area contributed by atoms with Gasteiger partial charge < -0.3 is 4.90 Å². The van der Waals surface area contributed by atoms with E-state index in [2.05, 4.69) is 81.2 Å². The van der Waals surface area contributed by atoms with Crippen LogP contribution in [0.25, 0.3) is 0 Å². The minimum atomic E-state index is 0.206. The Kier molecular flexibility index (Phi) is 4.99. The molecule has 2 aliphatic carbocycles. The third kappa shape index (κ3) is 3.83. The molecule has 0 radical (unpaired) electrons. The van der Waals surface area contributed by atoms with Crippen LogP contribution in [0.1, 0.15) is 65.4 Å². The lowest BCUT2D eigenvalue weighted by Gasteiger charge is -2.36. The van der Waals surface area contributed by atoms with Crippen LogP contribution in [0.5, 0.6) is 0 Å². The number of hydrogen-bond acceptors (Lipinski definition) is 1. The molecule has 1 aromatic carbocycles. The van der Waals surface area contributed by atoms with Crippen LogP contribution >= 0.6 is 0 Å². The number of hydrogen-bond donors (Lipinski definition) is 0. The predicted molar refractivity (Wildman–Crippen MR) is 105 cm³/mol. The van der Waals surface area contributed by atoms with E-state index in [1.807, 2.05) is 0 Å². The molecule has 1 nitrogen and oxygen atoms in total. The summed E-state index contributed by atoms with van der Waals surface area (Å²) in [6.07, 6.45) is 15.6. The van der Waals surface area contributed by atoms with Crippen LogP contribution in [-0.4, -0.2) is 6.04 Å². The van der Waals surface area contributed by atoms with Gasteiger partial charge in [-0.1, -0.05) is 62.8 Å². The largest absolute Gasteiger partial charge is 0.338 e. The quantitative estimate of drug-likeness (QED) is 0.612.